The molecule has 1 unspecified atom stereocenters. The Morgan fingerprint density at radius 3 is 2.90 bits per heavy atom. The highest BCUT2D eigenvalue weighted by atomic mass is 16.8. The third kappa shape index (κ3) is 3.20. The van der Waals surface area contributed by atoms with Crippen molar-refractivity contribution < 1.29 is 10.0 Å². The van der Waals surface area contributed by atoms with Gasteiger partial charge >= 0.3 is 6.03 Å². The standard InChI is InChI=1S/C14H20N3O3/c1-10-6-7-12(17(19)20)9-13(10)15-14(18)16-8-4-3-5-11(16)2/h6-7,9,11,19H,3-5,8H2,1-2H3,(H,15,18)/q-1. The molecule has 1 aromatic carbocycles. The van der Waals surface area contributed by atoms with Gasteiger partial charge in [-0.2, -0.15) is 0 Å². The Balaban J connectivity index is 2.12. The van der Waals surface area contributed by atoms with Crippen molar-refractivity contribution >= 4 is 17.4 Å². The van der Waals surface area contributed by atoms with Crippen LogP contribution in [0.25, 0.3) is 0 Å². The number of carbonyl (C=O) groups excluding carboxylic acids is 1. The van der Waals surface area contributed by atoms with Crippen LogP contribution in [0.5, 0.6) is 0 Å². The average Bonchev–Trinajstić information content (AvgIpc) is 2.41. The minimum Gasteiger partial charge on any atom is -0.733 e. The van der Waals surface area contributed by atoms with E-state index in [1.807, 2.05) is 18.7 Å². The number of rotatable bonds is 2. The number of hydrogen-bond acceptors (Lipinski definition) is 4. The maximum absolute atomic E-state index is 12.3. The summed E-state index contributed by atoms with van der Waals surface area (Å²) in [5.41, 5.74) is 1.48. The number of piperidine rings is 1. The van der Waals surface area contributed by atoms with Crippen molar-refractivity contribution in [3.05, 3.63) is 29.0 Å². The number of anilines is 2. The lowest BCUT2D eigenvalue weighted by atomic mass is 10.0. The number of amides is 2. The molecule has 0 radical (unpaired) electrons. The summed E-state index contributed by atoms with van der Waals surface area (Å²) in [5.74, 6) is 0. The van der Waals surface area contributed by atoms with Crippen LogP contribution in [0.1, 0.15) is 31.7 Å². The Bertz CT molecular complexity index is 491. The highest BCUT2D eigenvalue weighted by Crippen LogP contribution is 2.24. The molecule has 0 aromatic heterocycles. The van der Waals surface area contributed by atoms with Crippen LogP contribution in [0.3, 0.4) is 0 Å². The Morgan fingerprint density at radius 1 is 1.50 bits per heavy atom. The number of nitrogens with zero attached hydrogens (tertiary/aromatic N) is 2. The molecule has 1 aliphatic rings. The van der Waals surface area contributed by atoms with Crippen LogP contribution in [0, 0.1) is 12.1 Å². The summed E-state index contributed by atoms with van der Waals surface area (Å²) in [6.07, 6.45) is 3.17. The van der Waals surface area contributed by atoms with E-state index in [0.717, 1.165) is 31.4 Å². The third-order valence-corrected chi connectivity index (χ3v) is 3.75. The van der Waals surface area contributed by atoms with Gasteiger partial charge in [-0.05, 0) is 50.8 Å². The molecular formula is C14H20N3O3-. The van der Waals surface area contributed by atoms with Gasteiger partial charge in [0, 0.05) is 18.3 Å². The topological polar surface area (TPSA) is 78.9 Å². The number of nitrogens with one attached hydrogen (secondary N) is 1. The van der Waals surface area contributed by atoms with Crippen molar-refractivity contribution in [3.63, 3.8) is 0 Å². The fourth-order valence-electron chi connectivity index (χ4n) is 2.45. The van der Waals surface area contributed by atoms with Crippen molar-refractivity contribution in [1.82, 2.24) is 4.90 Å². The zero-order chi connectivity index (χ0) is 14.7. The molecular weight excluding hydrogens is 258 g/mol. The van der Waals surface area contributed by atoms with E-state index in [1.165, 1.54) is 12.1 Å². The first-order valence-electron chi connectivity index (χ1n) is 6.83. The van der Waals surface area contributed by atoms with E-state index in [0.29, 0.717) is 5.69 Å². The summed E-state index contributed by atoms with van der Waals surface area (Å²) in [6.45, 7) is 4.63. The molecule has 110 valence electrons. The van der Waals surface area contributed by atoms with Crippen molar-refractivity contribution in [2.24, 2.45) is 0 Å². The Kier molecular flexibility index (Phi) is 4.46. The van der Waals surface area contributed by atoms with Gasteiger partial charge in [-0.3, -0.25) is 5.21 Å². The second-order valence-corrected chi connectivity index (χ2v) is 5.24. The second kappa shape index (κ2) is 6.11. The average molecular weight is 278 g/mol. The fourth-order valence-corrected chi connectivity index (χ4v) is 2.45. The summed E-state index contributed by atoms with van der Waals surface area (Å²) >= 11 is 0. The van der Waals surface area contributed by atoms with Crippen LogP contribution in [0.4, 0.5) is 16.2 Å². The van der Waals surface area contributed by atoms with E-state index in [4.69, 9.17) is 5.21 Å². The molecule has 1 saturated heterocycles. The lowest BCUT2D eigenvalue weighted by molar-refractivity contribution is 0.170. The molecule has 0 aliphatic carbocycles. The molecule has 1 aromatic rings. The van der Waals surface area contributed by atoms with E-state index in [-0.39, 0.29) is 23.0 Å². The van der Waals surface area contributed by atoms with Crippen molar-refractivity contribution in [1.29, 1.82) is 0 Å². The molecule has 0 spiro atoms. The Hall–Kier alpha value is -1.79. The highest BCUT2D eigenvalue weighted by molar-refractivity contribution is 5.91. The quantitative estimate of drug-likeness (QED) is 0.815. The SMILES string of the molecule is Cc1ccc(N([O-])O)cc1NC(=O)N1CCCCC1C. The van der Waals surface area contributed by atoms with Gasteiger partial charge in [-0.1, -0.05) is 6.07 Å². The smallest absolute Gasteiger partial charge is 0.322 e. The summed E-state index contributed by atoms with van der Waals surface area (Å²) in [5, 5.41) is 22.4. The van der Waals surface area contributed by atoms with E-state index < -0.39 is 0 Å². The maximum atomic E-state index is 12.3. The molecule has 0 saturated carbocycles. The highest BCUT2D eigenvalue weighted by Gasteiger charge is 2.23. The number of likely N-dealkylation sites (tertiary alicyclic amines) is 1. The molecule has 1 heterocycles. The third-order valence-electron chi connectivity index (χ3n) is 3.75. The molecule has 1 atom stereocenters. The van der Waals surface area contributed by atoms with Gasteiger partial charge in [0.25, 0.3) is 0 Å². The molecule has 6 nitrogen and oxygen atoms in total. The largest absolute Gasteiger partial charge is 0.733 e. The van der Waals surface area contributed by atoms with E-state index >= 15 is 0 Å². The van der Waals surface area contributed by atoms with Gasteiger partial charge in [-0.15, -0.1) is 0 Å². The molecule has 6 heteroatoms. The Labute approximate surface area is 118 Å². The van der Waals surface area contributed by atoms with Crippen molar-refractivity contribution in [2.45, 2.75) is 39.2 Å². The summed E-state index contributed by atoms with van der Waals surface area (Å²) in [6, 6.07) is 4.72. The maximum Gasteiger partial charge on any atom is 0.322 e. The minimum atomic E-state index is -0.210. The van der Waals surface area contributed by atoms with E-state index in [9.17, 15) is 10.0 Å². The first-order chi connectivity index (χ1) is 9.49. The lowest BCUT2D eigenvalue weighted by Gasteiger charge is -2.33. The molecule has 1 aliphatic heterocycles. The summed E-state index contributed by atoms with van der Waals surface area (Å²) in [4.78, 5) is 14.1. The number of aryl methyl sites for hydroxylation is 1. The van der Waals surface area contributed by atoms with Crippen molar-refractivity contribution in [3.8, 4) is 0 Å². The van der Waals surface area contributed by atoms with Gasteiger partial charge in [0.1, 0.15) is 0 Å². The summed E-state index contributed by atoms with van der Waals surface area (Å²) < 4.78 is 0. The first-order valence-corrected chi connectivity index (χ1v) is 6.83. The van der Waals surface area contributed by atoms with Gasteiger partial charge < -0.3 is 20.7 Å². The van der Waals surface area contributed by atoms with Crippen molar-refractivity contribution in [2.75, 3.05) is 17.1 Å². The van der Waals surface area contributed by atoms with Crippen LogP contribution in [-0.2, 0) is 0 Å². The normalized spacial score (nSPS) is 18.8. The van der Waals surface area contributed by atoms with Crippen LogP contribution in [0.15, 0.2) is 18.2 Å². The monoisotopic (exact) mass is 278 g/mol. The van der Waals surface area contributed by atoms with Gasteiger partial charge in [0.05, 0.1) is 5.69 Å². The Morgan fingerprint density at radius 2 is 2.25 bits per heavy atom. The lowest BCUT2D eigenvalue weighted by Crippen LogP contribution is -2.44. The zero-order valence-corrected chi connectivity index (χ0v) is 11.8. The van der Waals surface area contributed by atoms with E-state index in [2.05, 4.69) is 5.32 Å². The molecule has 2 rings (SSSR count). The predicted octanol–water partition coefficient (Wildman–Crippen LogP) is 3.09. The molecule has 2 N–H and O–H groups in total. The van der Waals surface area contributed by atoms with Crippen LogP contribution >= 0.6 is 0 Å². The number of urea groups is 1. The molecule has 20 heavy (non-hydrogen) atoms. The van der Waals surface area contributed by atoms with Crippen LogP contribution in [-0.4, -0.2) is 28.7 Å². The molecule has 1 fully saturated rings. The second-order valence-electron chi connectivity index (χ2n) is 5.24. The van der Waals surface area contributed by atoms with Gasteiger partial charge in [-0.25, -0.2) is 4.79 Å². The first kappa shape index (κ1) is 14.6. The minimum absolute atomic E-state index is 0.0950. The molecule has 0 bridgehead atoms. The molecule has 2 amide bonds. The fraction of sp³-hybridized carbons (Fsp3) is 0.500. The number of hydrogen-bond donors (Lipinski definition) is 2. The van der Waals surface area contributed by atoms with Crippen LogP contribution < -0.4 is 10.5 Å². The van der Waals surface area contributed by atoms with Crippen LogP contribution in [0.2, 0.25) is 0 Å². The van der Waals surface area contributed by atoms with Gasteiger partial charge in [0.15, 0.2) is 0 Å². The number of carbonyl (C=O) groups is 1. The van der Waals surface area contributed by atoms with Gasteiger partial charge in [0.2, 0.25) is 0 Å². The summed E-state index contributed by atoms with van der Waals surface area (Å²) in [7, 11) is 0. The zero-order valence-electron chi connectivity index (χ0n) is 11.8. The number of benzene rings is 1. The predicted molar refractivity (Wildman–Crippen MR) is 77.8 cm³/mol. The van der Waals surface area contributed by atoms with E-state index in [1.54, 1.807) is 6.07 Å².